The van der Waals surface area contributed by atoms with E-state index >= 15 is 0 Å². The second kappa shape index (κ2) is 15.9. The Morgan fingerprint density at radius 3 is 2.54 bits per heavy atom. The predicted octanol–water partition coefficient (Wildman–Crippen LogP) is 4.92. The van der Waals surface area contributed by atoms with Gasteiger partial charge in [-0.25, -0.2) is 9.48 Å². The number of esters is 1. The van der Waals surface area contributed by atoms with E-state index in [-0.39, 0.29) is 24.0 Å². The standard InChI is InChI=1S/C40H44N8O6S2/c1-46(25-8-10-26(11-9-25)54-39(52)40(53,33-6-3-18-55-33)34-7-4-19-56-34)16-5-17-48-38-30(44-45-48)20-24(29-22-42-47(2)37(29)38)21-41-23-32(50)27-12-14-31(49)36-28(27)13-15-35(51)43-36/h3-4,6-7,12-15,18-20,22,25-26,32,41,49-50,53H,5,8-11,16-17,21,23H2,1-2H3,(H,43,51)/t25?,26?,32-/m0/s1. The lowest BCUT2D eigenvalue weighted by Crippen LogP contribution is -2.42. The van der Waals surface area contributed by atoms with E-state index in [0.717, 1.165) is 66.1 Å². The van der Waals surface area contributed by atoms with Crippen LogP contribution < -0.4 is 10.9 Å². The normalized spacial score (nSPS) is 17.0. The zero-order valence-electron chi connectivity index (χ0n) is 31.1. The van der Waals surface area contributed by atoms with E-state index in [9.17, 15) is 24.9 Å². The molecular weight excluding hydrogens is 753 g/mol. The molecule has 7 aromatic rings. The maximum absolute atomic E-state index is 13.5. The number of phenolic OH excluding ortho intramolecular Hbond substituents is 1. The second-order valence-electron chi connectivity index (χ2n) is 14.5. The van der Waals surface area contributed by atoms with Crippen LogP contribution in [0.25, 0.3) is 32.8 Å². The van der Waals surface area contributed by atoms with Gasteiger partial charge in [-0.3, -0.25) is 9.48 Å². The molecule has 0 spiro atoms. The molecule has 56 heavy (non-hydrogen) atoms. The van der Waals surface area contributed by atoms with E-state index in [1.165, 1.54) is 34.8 Å². The Labute approximate surface area is 330 Å². The Bertz CT molecular complexity index is 2490. The molecular formula is C40H44N8O6S2. The molecule has 8 rings (SSSR count). The van der Waals surface area contributed by atoms with E-state index in [2.05, 4.69) is 37.7 Å². The minimum Gasteiger partial charge on any atom is -0.506 e. The van der Waals surface area contributed by atoms with Crippen molar-refractivity contribution in [1.29, 1.82) is 0 Å². The number of benzene rings is 2. The van der Waals surface area contributed by atoms with Crippen LogP contribution in [0.2, 0.25) is 0 Å². The highest BCUT2D eigenvalue weighted by Gasteiger charge is 2.45. The van der Waals surface area contributed by atoms with Gasteiger partial charge in [-0.05, 0) is 97.9 Å². The lowest BCUT2D eigenvalue weighted by Gasteiger charge is -2.35. The number of phenols is 1. The molecule has 0 radical (unpaired) electrons. The van der Waals surface area contributed by atoms with Crippen molar-refractivity contribution in [3.63, 3.8) is 0 Å². The van der Waals surface area contributed by atoms with Gasteiger partial charge < -0.3 is 35.3 Å². The molecule has 0 amide bonds. The molecule has 5 N–H and O–H groups in total. The average molecular weight is 797 g/mol. The van der Waals surface area contributed by atoms with Crippen molar-refractivity contribution in [2.75, 3.05) is 20.1 Å². The van der Waals surface area contributed by atoms with E-state index in [1.54, 1.807) is 24.3 Å². The number of pyridine rings is 1. The summed E-state index contributed by atoms with van der Waals surface area (Å²) in [5, 5.41) is 55.2. The van der Waals surface area contributed by atoms with Gasteiger partial charge in [0.05, 0.1) is 33.1 Å². The Morgan fingerprint density at radius 1 is 1.07 bits per heavy atom. The number of aliphatic hydroxyl groups excluding tert-OH is 1. The van der Waals surface area contributed by atoms with E-state index < -0.39 is 17.7 Å². The number of H-pyrrole nitrogens is 1. The molecule has 1 fully saturated rings. The quantitative estimate of drug-likeness (QED) is 0.0942. The maximum atomic E-state index is 13.5. The van der Waals surface area contributed by atoms with Gasteiger partial charge in [0.2, 0.25) is 11.2 Å². The average Bonchev–Trinajstić information content (AvgIpc) is 4.04. The van der Waals surface area contributed by atoms with Gasteiger partial charge in [-0.2, -0.15) is 5.10 Å². The molecule has 292 valence electrons. The summed E-state index contributed by atoms with van der Waals surface area (Å²) in [7, 11) is 4.05. The van der Waals surface area contributed by atoms with Gasteiger partial charge in [0.15, 0.2) is 0 Å². The lowest BCUT2D eigenvalue weighted by atomic mass is 9.91. The zero-order chi connectivity index (χ0) is 39.0. The topological polar surface area (TPSA) is 184 Å². The molecule has 1 aliphatic rings. The number of aromatic hydroxyl groups is 1. The van der Waals surface area contributed by atoms with Crippen molar-refractivity contribution >= 4 is 61.5 Å². The third kappa shape index (κ3) is 7.24. The zero-order valence-corrected chi connectivity index (χ0v) is 32.7. The van der Waals surface area contributed by atoms with E-state index in [4.69, 9.17) is 4.74 Å². The molecule has 5 aromatic heterocycles. The van der Waals surface area contributed by atoms with Crippen molar-refractivity contribution in [3.8, 4) is 5.75 Å². The number of nitrogens with zero attached hydrogens (tertiary/aromatic N) is 6. The van der Waals surface area contributed by atoms with Crippen LogP contribution in [0.5, 0.6) is 5.75 Å². The van der Waals surface area contributed by atoms with Gasteiger partial charge in [0.1, 0.15) is 22.9 Å². The summed E-state index contributed by atoms with van der Waals surface area (Å²) in [4.78, 5) is 31.4. The second-order valence-corrected chi connectivity index (χ2v) is 16.4. The number of rotatable bonds is 14. The third-order valence-electron chi connectivity index (χ3n) is 11.0. The van der Waals surface area contributed by atoms with Gasteiger partial charge in [-0.15, -0.1) is 27.8 Å². The number of carbonyl (C=O) groups is 1. The SMILES string of the molecule is CN(CCCn1nnc2cc(CNC[C@H](O)c3ccc(O)c4[nH]c(=O)ccc34)c3cnn(C)c3c21)C1CCC(OC(=O)C(O)(c2cccs2)c2cccs2)CC1. The first-order valence-corrected chi connectivity index (χ1v) is 20.5. The third-order valence-corrected chi connectivity index (χ3v) is 12.9. The number of nitrogens with one attached hydrogen (secondary N) is 2. The minimum absolute atomic E-state index is 0.0517. The largest absolute Gasteiger partial charge is 0.506 e. The van der Waals surface area contributed by atoms with Crippen LogP contribution >= 0.6 is 22.7 Å². The molecule has 16 heteroatoms. The molecule has 1 saturated carbocycles. The molecule has 0 unspecified atom stereocenters. The van der Waals surface area contributed by atoms with Crippen molar-refractivity contribution < 1.29 is 24.9 Å². The van der Waals surface area contributed by atoms with E-state index in [1.807, 2.05) is 51.6 Å². The molecule has 0 bridgehead atoms. The van der Waals surface area contributed by atoms with Crippen molar-refractivity contribution in [2.24, 2.45) is 7.05 Å². The maximum Gasteiger partial charge on any atom is 0.349 e. The number of hydrogen-bond acceptors (Lipinski definition) is 13. The number of ether oxygens (including phenoxy) is 1. The highest BCUT2D eigenvalue weighted by atomic mass is 32.1. The summed E-state index contributed by atoms with van der Waals surface area (Å²) in [6, 6.07) is 15.7. The summed E-state index contributed by atoms with van der Waals surface area (Å²) in [5.41, 5.74) is 2.37. The van der Waals surface area contributed by atoms with Gasteiger partial charge in [-0.1, -0.05) is 23.4 Å². The Morgan fingerprint density at radius 2 is 1.82 bits per heavy atom. The molecule has 1 atom stereocenters. The van der Waals surface area contributed by atoms with Crippen molar-refractivity contribution in [3.05, 3.63) is 103 Å². The van der Waals surface area contributed by atoms with Gasteiger partial charge in [0, 0.05) is 49.6 Å². The molecule has 2 aromatic carbocycles. The van der Waals surface area contributed by atoms with Gasteiger partial charge in [0.25, 0.3) is 0 Å². The van der Waals surface area contributed by atoms with Crippen LogP contribution in [0.15, 0.2) is 76.3 Å². The number of hydrogen-bond donors (Lipinski definition) is 5. The van der Waals surface area contributed by atoms with Crippen LogP contribution in [0.4, 0.5) is 0 Å². The van der Waals surface area contributed by atoms with Crippen molar-refractivity contribution in [1.82, 2.24) is 40.0 Å². The lowest BCUT2D eigenvalue weighted by molar-refractivity contribution is -0.169. The molecule has 0 aliphatic heterocycles. The predicted molar refractivity (Wildman–Crippen MR) is 216 cm³/mol. The van der Waals surface area contributed by atoms with Crippen LogP contribution in [0.3, 0.4) is 0 Å². The number of aromatic amines is 1. The Kier molecular flexibility index (Phi) is 10.8. The van der Waals surface area contributed by atoms with Crippen LogP contribution in [0.1, 0.15) is 59.1 Å². The summed E-state index contributed by atoms with van der Waals surface area (Å²) in [6.45, 7) is 2.22. The summed E-state index contributed by atoms with van der Waals surface area (Å²) in [5.74, 6) is -0.659. The number of carbonyl (C=O) groups excluding carboxylic acids is 1. The fourth-order valence-electron chi connectivity index (χ4n) is 7.95. The summed E-state index contributed by atoms with van der Waals surface area (Å²) < 4.78 is 9.77. The number of aliphatic hydroxyl groups is 2. The number of fused-ring (bicyclic) bond motifs is 4. The minimum atomic E-state index is -1.79. The first-order chi connectivity index (χ1) is 27.1. The fraction of sp³-hybridized carbons (Fsp3) is 0.375. The van der Waals surface area contributed by atoms with E-state index in [0.29, 0.717) is 45.4 Å². The number of thiophene rings is 2. The number of aromatic nitrogens is 6. The first kappa shape index (κ1) is 37.9. The molecule has 14 nitrogen and oxygen atoms in total. The molecule has 1 aliphatic carbocycles. The first-order valence-electron chi connectivity index (χ1n) is 18.7. The van der Waals surface area contributed by atoms with Gasteiger partial charge >= 0.3 is 5.97 Å². The summed E-state index contributed by atoms with van der Waals surface area (Å²) >= 11 is 2.69. The Balaban J connectivity index is 0.863. The monoisotopic (exact) mass is 796 g/mol. The van der Waals surface area contributed by atoms with Crippen LogP contribution in [-0.4, -0.2) is 88.2 Å². The smallest absolute Gasteiger partial charge is 0.349 e. The summed E-state index contributed by atoms with van der Waals surface area (Å²) in [6.07, 6.45) is 4.85. The van der Waals surface area contributed by atoms with Crippen LogP contribution in [0, 0.1) is 0 Å². The molecule has 5 heterocycles. The molecule has 0 saturated heterocycles. The highest BCUT2D eigenvalue weighted by molar-refractivity contribution is 7.12. The Hall–Kier alpha value is -4.97. The van der Waals surface area contributed by atoms with Crippen molar-refractivity contribution in [2.45, 2.75) is 69.0 Å². The highest BCUT2D eigenvalue weighted by Crippen LogP contribution is 2.38. The fourth-order valence-corrected chi connectivity index (χ4v) is 9.67. The number of aryl methyl sites for hydroxylation is 2. The van der Waals surface area contributed by atoms with Crippen LogP contribution in [-0.2, 0) is 35.3 Å².